The molecule has 1 unspecified atom stereocenters. The van der Waals surface area contributed by atoms with E-state index in [0.717, 1.165) is 29.7 Å². The summed E-state index contributed by atoms with van der Waals surface area (Å²) < 4.78 is 11.4. The summed E-state index contributed by atoms with van der Waals surface area (Å²) in [6.45, 7) is 1.71. The summed E-state index contributed by atoms with van der Waals surface area (Å²) in [5.41, 5.74) is 1.89. The lowest BCUT2D eigenvalue weighted by molar-refractivity contribution is -0.139. The molecule has 1 aliphatic carbocycles. The fraction of sp³-hybridized carbons (Fsp3) is 0.417. The molecule has 0 radical (unpaired) electrons. The zero-order chi connectivity index (χ0) is 21.8. The van der Waals surface area contributed by atoms with Gasteiger partial charge in [0.2, 0.25) is 11.8 Å². The van der Waals surface area contributed by atoms with Crippen molar-refractivity contribution in [1.82, 2.24) is 9.80 Å². The molecule has 2 amide bonds. The van der Waals surface area contributed by atoms with Gasteiger partial charge in [0, 0.05) is 30.6 Å². The van der Waals surface area contributed by atoms with Crippen LogP contribution in [-0.4, -0.2) is 54.5 Å². The van der Waals surface area contributed by atoms with Crippen molar-refractivity contribution < 1.29 is 19.1 Å². The fourth-order valence-corrected chi connectivity index (χ4v) is 3.96. The molecule has 2 aromatic carbocycles. The summed E-state index contributed by atoms with van der Waals surface area (Å²) in [5.74, 6) is 0.831. The summed E-state index contributed by atoms with van der Waals surface area (Å²) in [6, 6.07) is 15.2. The number of nitrogens with zero attached hydrogens (tertiary/aromatic N) is 2. The molecule has 2 aromatic rings. The third-order valence-corrected chi connectivity index (χ3v) is 6.10. The zero-order valence-corrected chi connectivity index (χ0v) is 18.4. The summed E-state index contributed by atoms with van der Waals surface area (Å²) >= 11 is 6.27. The highest BCUT2D eigenvalue weighted by Gasteiger charge is 2.38. The lowest BCUT2D eigenvalue weighted by Crippen LogP contribution is -2.40. The molecular weight excluding hydrogens is 416 g/mol. The van der Waals surface area contributed by atoms with E-state index in [0.29, 0.717) is 31.3 Å². The number of halogens is 1. The van der Waals surface area contributed by atoms with Crippen LogP contribution in [0.3, 0.4) is 0 Å². The van der Waals surface area contributed by atoms with Crippen LogP contribution in [0.15, 0.2) is 48.5 Å². The molecule has 0 aromatic heterocycles. The van der Waals surface area contributed by atoms with E-state index in [1.54, 1.807) is 16.9 Å². The molecule has 1 aliphatic heterocycles. The van der Waals surface area contributed by atoms with Gasteiger partial charge in [0.25, 0.3) is 0 Å². The van der Waals surface area contributed by atoms with E-state index in [4.69, 9.17) is 21.1 Å². The first-order valence-electron chi connectivity index (χ1n) is 10.6. The van der Waals surface area contributed by atoms with Crippen molar-refractivity contribution in [2.45, 2.75) is 32.1 Å². The zero-order valence-electron chi connectivity index (χ0n) is 17.6. The van der Waals surface area contributed by atoms with Crippen LogP contribution in [0.4, 0.5) is 0 Å². The first kappa shape index (κ1) is 21.7. The van der Waals surface area contributed by atoms with Crippen molar-refractivity contribution >= 4 is 23.4 Å². The molecule has 6 nitrogen and oxygen atoms in total. The maximum Gasteiger partial charge on any atom is 0.242 e. The van der Waals surface area contributed by atoms with Gasteiger partial charge in [-0.3, -0.25) is 9.59 Å². The van der Waals surface area contributed by atoms with E-state index >= 15 is 0 Å². The number of ether oxygens (including phenoxy) is 2. The lowest BCUT2D eigenvalue weighted by atomic mass is 10.2. The van der Waals surface area contributed by atoms with Crippen LogP contribution in [0.5, 0.6) is 5.75 Å². The normalized spacial score (nSPS) is 19.3. The van der Waals surface area contributed by atoms with Crippen molar-refractivity contribution in [1.29, 1.82) is 0 Å². The van der Waals surface area contributed by atoms with Crippen LogP contribution in [0, 0.1) is 5.92 Å². The highest BCUT2D eigenvalue weighted by molar-refractivity contribution is 6.31. The minimum absolute atomic E-state index is 0.0603. The lowest BCUT2D eigenvalue weighted by Gasteiger charge is -2.25. The number of rotatable bonds is 7. The second-order valence-electron chi connectivity index (χ2n) is 8.14. The monoisotopic (exact) mass is 442 g/mol. The molecule has 1 atom stereocenters. The summed E-state index contributed by atoms with van der Waals surface area (Å²) in [7, 11) is 1.62. The molecule has 2 aliphatic rings. The van der Waals surface area contributed by atoms with Gasteiger partial charge in [-0.05, 0) is 42.2 Å². The largest absolute Gasteiger partial charge is 0.497 e. The Morgan fingerprint density at radius 3 is 2.52 bits per heavy atom. The van der Waals surface area contributed by atoms with Crippen LogP contribution in [0.25, 0.3) is 0 Å². The maximum absolute atomic E-state index is 13.0. The van der Waals surface area contributed by atoms with Crippen LogP contribution in [0.2, 0.25) is 5.02 Å². The minimum atomic E-state index is -0.288. The summed E-state index contributed by atoms with van der Waals surface area (Å²) in [6.07, 6.45) is 1.53. The first-order valence-corrected chi connectivity index (χ1v) is 11.0. The third-order valence-electron chi connectivity index (χ3n) is 5.73. The smallest absolute Gasteiger partial charge is 0.242 e. The Morgan fingerprint density at radius 2 is 1.84 bits per heavy atom. The minimum Gasteiger partial charge on any atom is -0.497 e. The number of hydrogen-bond acceptors (Lipinski definition) is 4. The Balaban J connectivity index is 1.48. The molecule has 31 heavy (non-hydrogen) atoms. The predicted octanol–water partition coefficient (Wildman–Crippen LogP) is 3.51. The van der Waals surface area contributed by atoms with Crippen molar-refractivity contribution in [3.8, 4) is 5.75 Å². The van der Waals surface area contributed by atoms with Gasteiger partial charge in [0.1, 0.15) is 5.75 Å². The van der Waals surface area contributed by atoms with Gasteiger partial charge in [0.05, 0.1) is 26.4 Å². The molecule has 1 saturated carbocycles. The molecule has 7 heteroatoms. The average Bonchev–Trinajstić information content (AvgIpc) is 3.63. The average molecular weight is 443 g/mol. The van der Waals surface area contributed by atoms with E-state index in [1.807, 2.05) is 48.5 Å². The fourth-order valence-electron chi connectivity index (χ4n) is 3.77. The highest BCUT2D eigenvalue weighted by Crippen LogP contribution is 2.31. The molecule has 2 fully saturated rings. The number of carbonyl (C=O) groups is 2. The SMILES string of the molecule is COc1ccc(CN2CC(OCc3ccccc3Cl)CN(C(=O)C3CC3)CC2=O)cc1. The Morgan fingerprint density at radius 1 is 1.10 bits per heavy atom. The number of benzene rings is 2. The standard InChI is InChI=1S/C24H27ClN2O4/c1-30-20-10-6-17(7-11-20)12-26-13-21(31-16-19-4-2-3-5-22(19)25)14-27(15-23(26)28)24(29)18-8-9-18/h2-7,10-11,18,21H,8-9,12-16H2,1H3. The van der Waals surface area contributed by atoms with Gasteiger partial charge in [-0.2, -0.15) is 0 Å². The summed E-state index contributed by atoms with van der Waals surface area (Å²) in [4.78, 5) is 29.2. The second kappa shape index (κ2) is 9.71. The Kier molecular flexibility index (Phi) is 6.78. The molecular formula is C24H27ClN2O4. The van der Waals surface area contributed by atoms with E-state index in [2.05, 4.69) is 0 Å². The van der Waals surface area contributed by atoms with Crippen LogP contribution >= 0.6 is 11.6 Å². The summed E-state index contributed by atoms with van der Waals surface area (Å²) in [5, 5.41) is 0.646. The van der Waals surface area contributed by atoms with Gasteiger partial charge in [0.15, 0.2) is 0 Å². The highest BCUT2D eigenvalue weighted by atomic mass is 35.5. The molecule has 164 valence electrons. The predicted molar refractivity (Wildman–Crippen MR) is 118 cm³/mol. The number of amides is 2. The second-order valence-corrected chi connectivity index (χ2v) is 8.55. The molecule has 1 saturated heterocycles. The molecule has 0 bridgehead atoms. The van der Waals surface area contributed by atoms with Crippen molar-refractivity contribution in [2.24, 2.45) is 5.92 Å². The molecule has 0 N–H and O–H groups in total. The van der Waals surface area contributed by atoms with Gasteiger partial charge < -0.3 is 19.3 Å². The third kappa shape index (κ3) is 5.57. The van der Waals surface area contributed by atoms with Crippen molar-refractivity contribution in [3.05, 3.63) is 64.7 Å². The van der Waals surface area contributed by atoms with E-state index in [-0.39, 0.29) is 30.4 Å². The number of hydrogen-bond donors (Lipinski definition) is 0. The molecule has 1 heterocycles. The Hall–Kier alpha value is -2.57. The Bertz CT molecular complexity index is 929. The van der Waals surface area contributed by atoms with E-state index in [1.165, 1.54) is 0 Å². The molecule has 0 spiro atoms. The Labute approximate surface area is 187 Å². The first-order chi connectivity index (χ1) is 15.0. The van der Waals surface area contributed by atoms with Crippen molar-refractivity contribution in [2.75, 3.05) is 26.7 Å². The number of carbonyl (C=O) groups excluding carboxylic acids is 2. The van der Waals surface area contributed by atoms with Gasteiger partial charge >= 0.3 is 0 Å². The quantitative estimate of drug-likeness (QED) is 0.658. The molecule has 4 rings (SSSR count). The van der Waals surface area contributed by atoms with Gasteiger partial charge in [-0.25, -0.2) is 0 Å². The van der Waals surface area contributed by atoms with Crippen LogP contribution in [-0.2, 0) is 27.5 Å². The maximum atomic E-state index is 13.0. The van der Waals surface area contributed by atoms with Crippen LogP contribution in [0.1, 0.15) is 24.0 Å². The van der Waals surface area contributed by atoms with Gasteiger partial charge in [-0.1, -0.05) is 41.9 Å². The number of methoxy groups -OCH3 is 1. The topological polar surface area (TPSA) is 59.1 Å². The van der Waals surface area contributed by atoms with Crippen molar-refractivity contribution in [3.63, 3.8) is 0 Å². The van der Waals surface area contributed by atoms with Gasteiger partial charge in [-0.15, -0.1) is 0 Å². The van der Waals surface area contributed by atoms with E-state index < -0.39 is 0 Å². The van der Waals surface area contributed by atoms with Crippen LogP contribution < -0.4 is 4.74 Å². The van der Waals surface area contributed by atoms with E-state index in [9.17, 15) is 9.59 Å².